The molecular weight excluding hydrogens is 572 g/mol. The third-order valence-electron chi connectivity index (χ3n) is 15.7. The SMILES string of the molecule is COC(=O)C12CCC(C)C(C)(O)C1C1=CCC3C4(C)CCC(OC5OC(C)C(O)C(O)C5O)C(C)(C)C4CCC3(C)C1(C)CC2. The number of allylic oxidation sites excluding steroid dienone is 1. The van der Waals surface area contributed by atoms with E-state index in [1.165, 1.54) is 12.7 Å². The maximum Gasteiger partial charge on any atom is 0.312 e. The summed E-state index contributed by atoms with van der Waals surface area (Å²) >= 11 is 0. The normalized spacial score (nSPS) is 55.7. The van der Waals surface area contributed by atoms with E-state index in [1.54, 1.807) is 6.92 Å². The largest absolute Gasteiger partial charge is 0.469 e. The van der Waals surface area contributed by atoms with E-state index in [9.17, 15) is 25.2 Å². The third kappa shape index (κ3) is 4.40. The minimum Gasteiger partial charge on any atom is -0.469 e. The number of carbonyl (C=O) groups excluding carboxylic acids is 1. The Labute approximate surface area is 270 Å². The van der Waals surface area contributed by atoms with Crippen molar-refractivity contribution in [3.05, 3.63) is 11.6 Å². The zero-order valence-electron chi connectivity index (χ0n) is 29.1. The van der Waals surface area contributed by atoms with Gasteiger partial charge in [-0.3, -0.25) is 4.79 Å². The number of ether oxygens (including phenoxy) is 3. The number of aliphatic hydroxyl groups excluding tert-OH is 3. The van der Waals surface area contributed by atoms with Crippen LogP contribution in [0, 0.1) is 50.7 Å². The first-order valence-electron chi connectivity index (χ1n) is 17.7. The topological polar surface area (TPSA) is 126 Å². The van der Waals surface area contributed by atoms with Crippen molar-refractivity contribution < 1.29 is 39.4 Å². The molecule has 0 amide bonds. The highest BCUT2D eigenvalue weighted by Crippen LogP contribution is 2.76. The number of methoxy groups -OCH3 is 1. The molecule has 1 aliphatic heterocycles. The quantitative estimate of drug-likeness (QED) is 0.191. The molecule has 0 bridgehead atoms. The molecule has 0 aromatic rings. The van der Waals surface area contributed by atoms with Crippen LogP contribution in [-0.4, -0.2) is 75.9 Å². The summed E-state index contributed by atoms with van der Waals surface area (Å²) in [5, 5.41) is 43.5. The van der Waals surface area contributed by atoms with Crippen LogP contribution in [-0.2, 0) is 19.0 Å². The number of rotatable bonds is 3. The molecule has 8 nitrogen and oxygen atoms in total. The van der Waals surface area contributed by atoms with Gasteiger partial charge in [-0.15, -0.1) is 0 Å². The summed E-state index contributed by atoms with van der Waals surface area (Å²) in [6, 6.07) is 0. The maximum absolute atomic E-state index is 13.6. The van der Waals surface area contributed by atoms with E-state index >= 15 is 0 Å². The Morgan fingerprint density at radius 1 is 0.867 bits per heavy atom. The predicted molar refractivity (Wildman–Crippen MR) is 170 cm³/mol. The lowest BCUT2D eigenvalue weighted by atomic mass is 9.33. The number of carbonyl (C=O) groups is 1. The Bertz CT molecular complexity index is 1210. The Hall–Kier alpha value is -1.03. The minimum atomic E-state index is -1.31. The van der Waals surface area contributed by atoms with Crippen molar-refractivity contribution in [1.82, 2.24) is 0 Å². The molecule has 1 heterocycles. The number of aliphatic hydroxyl groups is 4. The van der Waals surface area contributed by atoms with Gasteiger partial charge >= 0.3 is 5.97 Å². The first-order valence-corrected chi connectivity index (χ1v) is 17.7. The molecule has 0 aromatic carbocycles. The molecule has 1 saturated heterocycles. The van der Waals surface area contributed by atoms with E-state index < -0.39 is 41.7 Å². The van der Waals surface area contributed by atoms with Gasteiger partial charge < -0.3 is 34.6 Å². The molecule has 5 aliphatic carbocycles. The molecule has 45 heavy (non-hydrogen) atoms. The van der Waals surface area contributed by atoms with Crippen LogP contribution in [0.5, 0.6) is 0 Å². The summed E-state index contributed by atoms with van der Waals surface area (Å²) in [7, 11) is 1.50. The van der Waals surface area contributed by atoms with Crippen molar-refractivity contribution in [2.45, 2.75) is 156 Å². The zero-order chi connectivity index (χ0) is 33.1. The molecular formula is C37H60O8. The molecule has 0 aromatic heterocycles. The van der Waals surface area contributed by atoms with Crippen LogP contribution in [0.4, 0.5) is 0 Å². The highest BCUT2D eigenvalue weighted by Gasteiger charge is 2.71. The maximum atomic E-state index is 13.6. The monoisotopic (exact) mass is 632 g/mol. The van der Waals surface area contributed by atoms with Crippen molar-refractivity contribution in [2.75, 3.05) is 7.11 Å². The van der Waals surface area contributed by atoms with Gasteiger partial charge in [0.15, 0.2) is 6.29 Å². The van der Waals surface area contributed by atoms with E-state index in [0.29, 0.717) is 11.8 Å². The van der Waals surface area contributed by atoms with Crippen molar-refractivity contribution in [1.29, 1.82) is 0 Å². The standard InChI is InChI=1S/C37H60O8/c1-20-12-17-37(31(41)43-9)19-18-34(6)22(29(37)36(20,8)42)10-11-24-33(5)15-14-25(32(3,4)23(33)13-16-35(24,34)7)45-30-28(40)27(39)26(38)21(2)44-30/h10,20-21,23-30,38-40,42H,11-19H2,1-9H3. The fourth-order valence-corrected chi connectivity index (χ4v) is 12.5. The Kier molecular flexibility index (Phi) is 8.08. The van der Waals surface area contributed by atoms with Gasteiger partial charge in [-0.05, 0) is 111 Å². The molecule has 4 N–H and O–H groups in total. The fraction of sp³-hybridized carbons (Fsp3) is 0.919. The van der Waals surface area contributed by atoms with Gasteiger partial charge in [0.25, 0.3) is 0 Å². The van der Waals surface area contributed by atoms with Crippen LogP contribution in [0.3, 0.4) is 0 Å². The van der Waals surface area contributed by atoms with Crippen LogP contribution in [0.25, 0.3) is 0 Å². The number of fused-ring (bicyclic) bond motifs is 7. The van der Waals surface area contributed by atoms with Gasteiger partial charge in [-0.1, -0.05) is 53.2 Å². The highest BCUT2D eigenvalue weighted by molar-refractivity contribution is 5.79. The summed E-state index contributed by atoms with van der Waals surface area (Å²) < 4.78 is 17.9. The average molecular weight is 633 g/mol. The lowest BCUT2D eigenvalue weighted by Gasteiger charge is -2.72. The van der Waals surface area contributed by atoms with Gasteiger partial charge in [-0.25, -0.2) is 0 Å². The van der Waals surface area contributed by atoms with Crippen LogP contribution >= 0.6 is 0 Å². The first kappa shape index (κ1) is 33.9. The molecule has 8 heteroatoms. The Morgan fingerprint density at radius 3 is 2.22 bits per heavy atom. The molecule has 6 aliphatic rings. The summed E-state index contributed by atoms with van der Waals surface area (Å²) in [6.45, 7) is 17.8. The summed E-state index contributed by atoms with van der Waals surface area (Å²) in [5.41, 5.74) is -0.663. The summed E-state index contributed by atoms with van der Waals surface area (Å²) in [4.78, 5) is 13.6. The number of esters is 1. The Morgan fingerprint density at radius 2 is 1.56 bits per heavy atom. The molecule has 256 valence electrons. The lowest BCUT2D eigenvalue weighted by Crippen LogP contribution is -2.68. The predicted octanol–water partition coefficient (Wildman–Crippen LogP) is 5.14. The van der Waals surface area contributed by atoms with Crippen molar-refractivity contribution >= 4 is 5.97 Å². The van der Waals surface area contributed by atoms with Crippen LogP contribution in [0.1, 0.15) is 113 Å². The van der Waals surface area contributed by atoms with Gasteiger partial charge in [0.05, 0.1) is 30.3 Å². The second kappa shape index (κ2) is 10.7. The van der Waals surface area contributed by atoms with Gasteiger partial charge in [0, 0.05) is 5.92 Å². The summed E-state index contributed by atoms with van der Waals surface area (Å²) in [5.74, 6) is 0.501. The molecule has 5 fully saturated rings. The van der Waals surface area contributed by atoms with Crippen LogP contribution in [0.15, 0.2) is 11.6 Å². The molecule has 0 spiro atoms. The average Bonchev–Trinajstić information content (AvgIpc) is 2.97. The van der Waals surface area contributed by atoms with Gasteiger partial charge in [0.2, 0.25) is 0 Å². The van der Waals surface area contributed by atoms with E-state index in [4.69, 9.17) is 14.2 Å². The van der Waals surface area contributed by atoms with E-state index in [0.717, 1.165) is 57.8 Å². The first-order chi connectivity index (χ1) is 20.8. The van der Waals surface area contributed by atoms with E-state index in [1.807, 2.05) is 6.92 Å². The number of hydrogen-bond donors (Lipinski definition) is 4. The van der Waals surface area contributed by atoms with Crippen LogP contribution < -0.4 is 0 Å². The van der Waals surface area contributed by atoms with E-state index in [2.05, 4.69) is 47.6 Å². The summed E-state index contributed by atoms with van der Waals surface area (Å²) in [6.07, 6.45) is 4.99. The smallest absolute Gasteiger partial charge is 0.312 e. The molecule has 0 radical (unpaired) electrons. The second-order valence-electron chi connectivity index (χ2n) is 17.7. The van der Waals surface area contributed by atoms with Crippen LogP contribution in [0.2, 0.25) is 0 Å². The van der Waals surface area contributed by atoms with Gasteiger partial charge in [-0.2, -0.15) is 0 Å². The zero-order valence-corrected chi connectivity index (χ0v) is 29.1. The van der Waals surface area contributed by atoms with Crippen molar-refractivity contribution in [3.8, 4) is 0 Å². The molecule has 6 rings (SSSR count). The second-order valence-corrected chi connectivity index (χ2v) is 17.7. The molecule has 4 saturated carbocycles. The molecule has 15 unspecified atom stereocenters. The minimum absolute atomic E-state index is 0.00348. The fourth-order valence-electron chi connectivity index (χ4n) is 12.5. The number of hydrogen-bond acceptors (Lipinski definition) is 8. The lowest BCUT2D eigenvalue weighted by molar-refractivity contribution is -0.324. The third-order valence-corrected chi connectivity index (χ3v) is 15.7. The Balaban J connectivity index is 1.33. The van der Waals surface area contributed by atoms with E-state index in [-0.39, 0.29) is 45.6 Å². The van der Waals surface area contributed by atoms with Crippen molar-refractivity contribution in [3.63, 3.8) is 0 Å². The highest BCUT2D eigenvalue weighted by atomic mass is 16.7. The molecule has 15 atom stereocenters. The van der Waals surface area contributed by atoms with Gasteiger partial charge in [0.1, 0.15) is 18.3 Å². The van der Waals surface area contributed by atoms with Crippen molar-refractivity contribution in [2.24, 2.45) is 50.7 Å².